The highest BCUT2D eigenvalue weighted by Gasteiger charge is 2.13. The monoisotopic (exact) mass is 401 g/mol. The number of benzene rings is 2. The number of fused-ring (bicyclic) bond motifs is 1. The molecule has 0 atom stereocenters. The number of rotatable bonds is 8. The van der Waals surface area contributed by atoms with Crippen molar-refractivity contribution in [2.75, 3.05) is 13.1 Å². The molecule has 0 aliphatic heterocycles. The molecule has 0 aliphatic rings. The fraction of sp³-hybridized carbons (Fsp3) is 0.292. The van der Waals surface area contributed by atoms with Gasteiger partial charge in [0, 0.05) is 12.1 Å². The van der Waals surface area contributed by atoms with E-state index in [-0.39, 0.29) is 5.56 Å². The van der Waals surface area contributed by atoms with Gasteiger partial charge in [0.25, 0.3) is 5.56 Å². The minimum Gasteiger partial charge on any atom is -0.338 e. The average molecular weight is 402 g/mol. The first-order chi connectivity index (χ1) is 14.7. The highest BCUT2D eigenvalue weighted by atomic mass is 16.1. The lowest BCUT2D eigenvalue weighted by molar-refractivity contribution is 0.266. The second-order valence-corrected chi connectivity index (χ2v) is 7.58. The molecule has 2 aromatic carbocycles. The van der Waals surface area contributed by atoms with Gasteiger partial charge in [-0.2, -0.15) is 5.10 Å². The molecule has 0 bridgehead atoms. The van der Waals surface area contributed by atoms with Crippen LogP contribution >= 0.6 is 0 Å². The maximum atomic E-state index is 12.5. The van der Waals surface area contributed by atoms with Crippen LogP contribution in [-0.4, -0.2) is 38.2 Å². The van der Waals surface area contributed by atoms with E-state index in [1.54, 1.807) is 6.07 Å². The van der Waals surface area contributed by atoms with Gasteiger partial charge in [-0.05, 0) is 49.7 Å². The summed E-state index contributed by atoms with van der Waals surface area (Å²) in [6.45, 7) is 7.52. The first-order valence-corrected chi connectivity index (χ1v) is 10.5. The Hall–Kier alpha value is -3.25. The van der Waals surface area contributed by atoms with Crippen molar-refractivity contribution in [1.29, 1.82) is 0 Å². The molecule has 0 spiro atoms. The van der Waals surface area contributed by atoms with E-state index in [9.17, 15) is 4.79 Å². The summed E-state index contributed by atoms with van der Waals surface area (Å²) in [5, 5.41) is 6.79. The Balaban J connectivity index is 1.66. The molecule has 0 saturated heterocycles. The summed E-state index contributed by atoms with van der Waals surface area (Å²) in [7, 11) is 0. The van der Waals surface area contributed by atoms with Gasteiger partial charge in [-0.1, -0.05) is 50.2 Å². The molecule has 30 heavy (non-hydrogen) atoms. The van der Waals surface area contributed by atoms with Crippen molar-refractivity contribution >= 4 is 11.0 Å². The highest BCUT2D eigenvalue weighted by Crippen LogP contribution is 2.23. The van der Waals surface area contributed by atoms with Gasteiger partial charge >= 0.3 is 0 Å². The number of H-pyrrole nitrogens is 2. The number of nitrogens with one attached hydrogen (secondary N) is 2. The van der Waals surface area contributed by atoms with Gasteiger partial charge in [0.05, 0.1) is 22.3 Å². The van der Waals surface area contributed by atoms with E-state index >= 15 is 0 Å². The number of hydrogen-bond donors (Lipinski definition) is 2. The molecule has 4 rings (SSSR count). The van der Waals surface area contributed by atoms with Crippen LogP contribution < -0.4 is 5.56 Å². The summed E-state index contributed by atoms with van der Waals surface area (Å²) in [6.07, 6.45) is 2.29. The highest BCUT2D eigenvalue weighted by molar-refractivity contribution is 5.80. The van der Waals surface area contributed by atoms with E-state index in [2.05, 4.69) is 51.0 Å². The Labute approximate surface area is 176 Å². The topological polar surface area (TPSA) is 77.7 Å². The zero-order valence-electron chi connectivity index (χ0n) is 17.5. The molecule has 2 N–H and O–H groups in total. The lowest BCUT2D eigenvalue weighted by atomic mass is 10.1. The van der Waals surface area contributed by atoms with Crippen LogP contribution in [0.5, 0.6) is 0 Å². The third-order valence-corrected chi connectivity index (χ3v) is 5.16. The minimum absolute atomic E-state index is 0.258. The van der Waals surface area contributed by atoms with Crippen LogP contribution in [0.4, 0.5) is 0 Å². The molecule has 0 amide bonds. The smallest absolute Gasteiger partial charge is 0.275 e. The Morgan fingerprint density at radius 1 is 0.967 bits per heavy atom. The van der Waals surface area contributed by atoms with Crippen LogP contribution in [-0.2, 0) is 6.54 Å². The van der Waals surface area contributed by atoms with Crippen molar-refractivity contribution in [3.05, 3.63) is 70.5 Å². The number of nitrogens with zero attached hydrogens (tertiary/aromatic N) is 3. The molecule has 4 aromatic rings. The third kappa shape index (κ3) is 4.33. The maximum absolute atomic E-state index is 12.5. The van der Waals surface area contributed by atoms with Crippen molar-refractivity contribution in [1.82, 2.24) is 25.1 Å². The molecule has 2 aromatic heterocycles. The van der Waals surface area contributed by atoms with Crippen molar-refractivity contribution in [2.45, 2.75) is 33.2 Å². The van der Waals surface area contributed by atoms with Gasteiger partial charge in [-0.15, -0.1) is 0 Å². The minimum atomic E-state index is -0.258. The molecule has 2 heterocycles. The number of aromatic amines is 2. The van der Waals surface area contributed by atoms with Crippen LogP contribution in [0.25, 0.3) is 33.7 Å². The van der Waals surface area contributed by atoms with Crippen molar-refractivity contribution in [2.24, 2.45) is 0 Å². The van der Waals surface area contributed by atoms with Crippen LogP contribution in [0.15, 0.2) is 59.4 Å². The Morgan fingerprint density at radius 3 is 2.47 bits per heavy atom. The molecule has 0 radical (unpaired) electrons. The van der Waals surface area contributed by atoms with Crippen molar-refractivity contribution in [3.63, 3.8) is 0 Å². The quantitative estimate of drug-likeness (QED) is 0.452. The van der Waals surface area contributed by atoms with E-state index in [4.69, 9.17) is 0 Å². The number of aromatic nitrogens is 4. The fourth-order valence-electron chi connectivity index (χ4n) is 3.78. The van der Waals surface area contributed by atoms with Gasteiger partial charge in [0.15, 0.2) is 0 Å². The zero-order valence-corrected chi connectivity index (χ0v) is 17.5. The number of hydrogen-bond acceptors (Lipinski definition) is 4. The van der Waals surface area contributed by atoms with Crippen molar-refractivity contribution < 1.29 is 0 Å². The van der Waals surface area contributed by atoms with Crippen LogP contribution in [0.1, 0.15) is 32.3 Å². The Bertz CT molecular complexity index is 1170. The lowest BCUT2D eigenvalue weighted by Crippen LogP contribution is -2.24. The standard InChI is InChI=1S/C24H27N5O/c1-3-12-29(13-4-2)16-17-10-11-20-22(14-17)26-23(25-20)19-15-21(27-28-24(19)30)18-8-6-5-7-9-18/h5-11,14-15H,3-4,12-13,16H2,1-2H3,(H,25,26)(H,28,30). The first kappa shape index (κ1) is 20.0. The molecule has 6 heteroatoms. The molecule has 0 aliphatic carbocycles. The Morgan fingerprint density at radius 2 is 1.73 bits per heavy atom. The summed E-state index contributed by atoms with van der Waals surface area (Å²) in [4.78, 5) is 22.9. The maximum Gasteiger partial charge on any atom is 0.275 e. The molecular formula is C24H27N5O. The third-order valence-electron chi connectivity index (χ3n) is 5.16. The predicted octanol–water partition coefficient (Wildman–Crippen LogP) is 4.60. The first-order valence-electron chi connectivity index (χ1n) is 10.5. The van der Waals surface area contributed by atoms with Gasteiger partial charge < -0.3 is 4.98 Å². The molecule has 0 fully saturated rings. The summed E-state index contributed by atoms with van der Waals surface area (Å²) < 4.78 is 0. The van der Waals surface area contributed by atoms with Gasteiger partial charge in [-0.3, -0.25) is 9.69 Å². The second kappa shape index (κ2) is 9.05. The van der Waals surface area contributed by atoms with E-state index in [1.807, 2.05) is 36.4 Å². The van der Waals surface area contributed by atoms with E-state index in [0.717, 1.165) is 49.1 Å². The molecule has 6 nitrogen and oxygen atoms in total. The van der Waals surface area contributed by atoms with Gasteiger partial charge in [0.1, 0.15) is 5.82 Å². The largest absolute Gasteiger partial charge is 0.338 e. The Kier molecular flexibility index (Phi) is 6.05. The molecular weight excluding hydrogens is 374 g/mol. The molecule has 154 valence electrons. The molecule has 0 unspecified atom stereocenters. The SMILES string of the molecule is CCCN(CCC)Cc1ccc2nc(-c3cc(-c4ccccc4)n[nH]c3=O)[nH]c2c1. The van der Waals surface area contributed by atoms with E-state index < -0.39 is 0 Å². The summed E-state index contributed by atoms with van der Waals surface area (Å²) in [5.74, 6) is 0.557. The number of imidazole rings is 1. The van der Waals surface area contributed by atoms with Crippen LogP contribution in [0.2, 0.25) is 0 Å². The van der Waals surface area contributed by atoms with Crippen LogP contribution in [0, 0.1) is 0 Å². The van der Waals surface area contributed by atoms with Gasteiger partial charge in [-0.25, -0.2) is 10.1 Å². The predicted molar refractivity (Wildman–Crippen MR) is 121 cm³/mol. The van der Waals surface area contributed by atoms with E-state index in [1.165, 1.54) is 5.56 Å². The van der Waals surface area contributed by atoms with Crippen molar-refractivity contribution in [3.8, 4) is 22.6 Å². The molecule has 0 saturated carbocycles. The van der Waals surface area contributed by atoms with Crippen LogP contribution in [0.3, 0.4) is 0 Å². The second-order valence-electron chi connectivity index (χ2n) is 7.58. The zero-order chi connectivity index (χ0) is 20.9. The van der Waals surface area contributed by atoms with E-state index in [0.29, 0.717) is 17.1 Å². The summed E-state index contributed by atoms with van der Waals surface area (Å²) in [6, 6.07) is 17.9. The normalized spacial score (nSPS) is 11.4. The lowest BCUT2D eigenvalue weighted by Gasteiger charge is -2.20. The summed E-state index contributed by atoms with van der Waals surface area (Å²) in [5.41, 5.74) is 4.91. The fourth-order valence-corrected chi connectivity index (χ4v) is 3.78. The van der Waals surface area contributed by atoms with Gasteiger partial charge in [0.2, 0.25) is 0 Å². The average Bonchev–Trinajstić information content (AvgIpc) is 3.18. The summed E-state index contributed by atoms with van der Waals surface area (Å²) >= 11 is 0.